The third-order valence-corrected chi connectivity index (χ3v) is 5.82. The first-order chi connectivity index (χ1) is 8.86. The van der Waals surface area contributed by atoms with Crippen molar-refractivity contribution in [2.24, 2.45) is 0 Å². The van der Waals surface area contributed by atoms with Crippen LogP contribution in [0.3, 0.4) is 0 Å². The Morgan fingerprint density at radius 3 is 2.63 bits per heavy atom. The topological polar surface area (TPSA) is 57.6 Å². The van der Waals surface area contributed by atoms with Gasteiger partial charge in [0.2, 0.25) is 0 Å². The van der Waals surface area contributed by atoms with Crippen LogP contribution < -0.4 is 0 Å². The fraction of sp³-hybridized carbons (Fsp3) is 0.500. The Bertz CT molecular complexity index is 531. The maximum Gasteiger partial charge on any atom is 0.329 e. The quantitative estimate of drug-likeness (QED) is 0.807. The molecule has 0 aromatic carbocycles. The van der Waals surface area contributed by atoms with Crippen molar-refractivity contribution in [1.82, 2.24) is 4.90 Å². The molecule has 1 atom stereocenters. The van der Waals surface area contributed by atoms with Crippen molar-refractivity contribution in [3.8, 4) is 0 Å². The van der Waals surface area contributed by atoms with Gasteiger partial charge in [-0.1, -0.05) is 0 Å². The molecule has 0 spiro atoms. The summed E-state index contributed by atoms with van der Waals surface area (Å²) in [7, 11) is 0. The summed E-state index contributed by atoms with van der Waals surface area (Å²) < 4.78 is 1.57. The molecule has 1 aliphatic rings. The number of amides is 1. The number of halogens is 2. The second kappa shape index (κ2) is 5.54. The van der Waals surface area contributed by atoms with Crippen molar-refractivity contribution < 1.29 is 14.7 Å². The zero-order valence-electron chi connectivity index (χ0n) is 10.3. The lowest BCUT2D eigenvalue weighted by atomic mass is 9.88. The summed E-state index contributed by atoms with van der Waals surface area (Å²) in [6, 6.07) is 1.73. The van der Waals surface area contributed by atoms with E-state index in [0.717, 1.165) is 20.4 Å². The molecule has 0 bridgehead atoms. The van der Waals surface area contributed by atoms with Crippen LogP contribution in [0.1, 0.15) is 36.5 Å². The average molecular weight is 411 g/mol. The highest BCUT2D eigenvalue weighted by Crippen LogP contribution is 2.36. The van der Waals surface area contributed by atoms with Crippen LogP contribution in [-0.2, 0) is 4.79 Å². The van der Waals surface area contributed by atoms with Crippen LogP contribution in [0.4, 0.5) is 0 Å². The fourth-order valence-corrected chi connectivity index (χ4v) is 5.08. The molecule has 2 heterocycles. The molecule has 1 aromatic rings. The Kier molecular flexibility index (Phi) is 4.37. The van der Waals surface area contributed by atoms with Gasteiger partial charge < -0.3 is 10.0 Å². The number of carbonyl (C=O) groups is 2. The zero-order chi connectivity index (χ0) is 14.2. The van der Waals surface area contributed by atoms with Gasteiger partial charge in [-0.25, -0.2) is 4.79 Å². The molecule has 1 aromatic heterocycles. The number of rotatable bonds is 2. The van der Waals surface area contributed by atoms with Gasteiger partial charge in [-0.05, 0) is 64.1 Å². The van der Waals surface area contributed by atoms with Gasteiger partial charge in [-0.2, -0.15) is 0 Å². The summed E-state index contributed by atoms with van der Waals surface area (Å²) in [5, 5.41) is 9.43. The maximum atomic E-state index is 12.6. The van der Waals surface area contributed by atoms with Gasteiger partial charge in [0.25, 0.3) is 5.91 Å². The lowest BCUT2D eigenvalue weighted by molar-refractivity contribution is -0.150. The minimum absolute atomic E-state index is 0.224. The van der Waals surface area contributed by atoms with Gasteiger partial charge in [0.1, 0.15) is 5.54 Å². The Labute approximate surface area is 132 Å². The predicted octanol–water partition coefficient (Wildman–Crippen LogP) is 3.74. The number of carboxylic acids is 1. The summed E-state index contributed by atoms with van der Waals surface area (Å²) in [5.74, 6) is -1.16. The second-order valence-corrected chi connectivity index (χ2v) is 8.48. The molecular formula is C12H13Br2NO3S. The van der Waals surface area contributed by atoms with Gasteiger partial charge in [0.15, 0.2) is 0 Å². The molecule has 104 valence electrons. The van der Waals surface area contributed by atoms with E-state index < -0.39 is 11.5 Å². The Hall–Kier alpha value is -0.400. The molecule has 0 aliphatic carbocycles. The first kappa shape index (κ1) is 15.0. The van der Waals surface area contributed by atoms with E-state index in [1.165, 1.54) is 16.2 Å². The first-order valence-corrected chi connectivity index (χ1v) is 8.26. The minimum atomic E-state index is -1.11. The van der Waals surface area contributed by atoms with Crippen molar-refractivity contribution in [3.63, 3.8) is 0 Å². The SMILES string of the molecule is CC1(C(=O)O)CCCCN1C(=O)c1cc(Br)sc1Br. The van der Waals surface area contributed by atoms with Crippen LogP contribution in [0.5, 0.6) is 0 Å². The molecule has 19 heavy (non-hydrogen) atoms. The number of hydrogen-bond donors (Lipinski definition) is 1. The molecule has 1 fully saturated rings. The lowest BCUT2D eigenvalue weighted by Gasteiger charge is -2.41. The van der Waals surface area contributed by atoms with E-state index in [2.05, 4.69) is 31.9 Å². The molecule has 1 aliphatic heterocycles. The van der Waals surface area contributed by atoms with E-state index in [9.17, 15) is 14.7 Å². The van der Waals surface area contributed by atoms with E-state index in [1.54, 1.807) is 13.0 Å². The van der Waals surface area contributed by atoms with Crippen LogP contribution in [0, 0.1) is 0 Å². The minimum Gasteiger partial charge on any atom is -0.480 e. The molecule has 2 rings (SSSR count). The maximum absolute atomic E-state index is 12.6. The highest BCUT2D eigenvalue weighted by atomic mass is 79.9. The van der Waals surface area contributed by atoms with Gasteiger partial charge in [0, 0.05) is 6.54 Å². The number of carbonyl (C=O) groups excluding carboxylic acids is 1. The molecular weight excluding hydrogens is 398 g/mol. The lowest BCUT2D eigenvalue weighted by Crippen LogP contribution is -2.57. The number of piperidine rings is 1. The molecule has 7 heteroatoms. The van der Waals surface area contributed by atoms with Crippen molar-refractivity contribution in [1.29, 1.82) is 0 Å². The van der Waals surface area contributed by atoms with Crippen LogP contribution >= 0.6 is 43.2 Å². The second-order valence-electron chi connectivity index (χ2n) is 4.73. The van der Waals surface area contributed by atoms with E-state index in [-0.39, 0.29) is 5.91 Å². The van der Waals surface area contributed by atoms with Crippen LogP contribution in [0.2, 0.25) is 0 Å². The zero-order valence-corrected chi connectivity index (χ0v) is 14.3. The Balaban J connectivity index is 2.36. The summed E-state index contributed by atoms with van der Waals surface area (Å²) in [6.45, 7) is 2.11. The van der Waals surface area contributed by atoms with Crippen LogP contribution in [0.25, 0.3) is 0 Å². The van der Waals surface area contributed by atoms with Crippen molar-refractivity contribution >= 4 is 55.1 Å². The number of aliphatic carboxylic acids is 1. The monoisotopic (exact) mass is 409 g/mol. The molecule has 1 amide bonds. The van der Waals surface area contributed by atoms with E-state index in [1.807, 2.05) is 0 Å². The number of carboxylic acid groups (broad SMARTS) is 1. The standard InChI is InChI=1S/C12H13Br2NO3S/c1-12(11(17)18)4-2-3-5-15(12)10(16)7-6-8(13)19-9(7)14/h6H,2-5H2,1H3,(H,17,18). The van der Waals surface area contributed by atoms with Crippen molar-refractivity contribution in [2.75, 3.05) is 6.54 Å². The average Bonchev–Trinajstić information content (AvgIpc) is 2.68. The molecule has 1 N–H and O–H groups in total. The Morgan fingerprint density at radius 2 is 2.11 bits per heavy atom. The van der Waals surface area contributed by atoms with E-state index in [4.69, 9.17) is 0 Å². The molecule has 4 nitrogen and oxygen atoms in total. The first-order valence-electron chi connectivity index (χ1n) is 5.86. The van der Waals surface area contributed by atoms with E-state index in [0.29, 0.717) is 18.5 Å². The molecule has 1 saturated heterocycles. The Morgan fingerprint density at radius 1 is 1.42 bits per heavy atom. The number of thiophene rings is 1. The summed E-state index contributed by atoms with van der Waals surface area (Å²) in [4.78, 5) is 25.6. The van der Waals surface area contributed by atoms with Gasteiger partial charge >= 0.3 is 5.97 Å². The number of hydrogen-bond acceptors (Lipinski definition) is 3. The van der Waals surface area contributed by atoms with Crippen LogP contribution in [-0.4, -0.2) is 34.0 Å². The third kappa shape index (κ3) is 2.73. The van der Waals surface area contributed by atoms with Crippen molar-refractivity contribution in [3.05, 3.63) is 19.2 Å². The molecule has 0 radical (unpaired) electrons. The highest BCUT2D eigenvalue weighted by Gasteiger charge is 2.44. The normalized spacial score (nSPS) is 23.4. The predicted molar refractivity (Wildman–Crippen MR) is 80.6 cm³/mol. The summed E-state index contributed by atoms with van der Waals surface area (Å²) >= 11 is 8.10. The highest BCUT2D eigenvalue weighted by molar-refractivity contribution is 9.12. The third-order valence-electron chi connectivity index (χ3n) is 3.48. The number of likely N-dealkylation sites (tertiary alicyclic amines) is 1. The van der Waals surface area contributed by atoms with Gasteiger partial charge in [-0.15, -0.1) is 11.3 Å². The summed E-state index contributed by atoms with van der Waals surface area (Å²) in [6.07, 6.45) is 2.18. The fourth-order valence-electron chi connectivity index (χ4n) is 2.30. The van der Waals surface area contributed by atoms with Crippen LogP contribution in [0.15, 0.2) is 13.6 Å². The number of nitrogens with zero attached hydrogens (tertiary/aromatic N) is 1. The van der Waals surface area contributed by atoms with Gasteiger partial charge in [0.05, 0.1) is 13.1 Å². The largest absolute Gasteiger partial charge is 0.480 e. The summed E-state index contributed by atoms with van der Waals surface area (Å²) in [5.41, 5.74) is -0.588. The van der Waals surface area contributed by atoms with E-state index >= 15 is 0 Å². The van der Waals surface area contributed by atoms with Crippen molar-refractivity contribution in [2.45, 2.75) is 31.7 Å². The van der Waals surface area contributed by atoms with Gasteiger partial charge in [-0.3, -0.25) is 4.79 Å². The molecule has 0 saturated carbocycles. The smallest absolute Gasteiger partial charge is 0.329 e. The molecule has 1 unspecified atom stereocenters.